The number of hydrogen-bond acceptors (Lipinski definition) is 3. The second kappa shape index (κ2) is 6.12. The van der Waals surface area contributed by atoms with Gasteiger partial charge in [0.2, 0.25) is 0 Å². The molecule has 0 bridgehead atoms. The van der Waals surface area contributed by atoms with E-state index < -0.39 is 8.07 Å². The fourth-order valence-electron chi connectivity index (χ4n) is 1.14. The summed E-state index contributed by atoms with van der Waals surface area (Å²) in [6, 6.07) is 7.38. The molecule has 0 saturated heterocycles. The molecule has 0 aliphatic carbocycles. The molecule has 0 heterocycles. The number of amides is 1. The van der Waals surface area contributed by atoms with Crippen molar-refractivity contribution in [3.8, 4) is 5.75 Å². The number of anilines is 1. The van der Waals surface area contributed by atoms with Gasteiger partial charge in [-0.15, -0.1) is 0 Å². The van der Waals surface area contributed by atoms with E-state index in [1.54, 1.807) is 7.11 Å². The van der Waals surface area contributed by atoms with Gasteiger partial charge in [-0.1, -0.05) is 37.5 Å². The van der Waals surface area contributed by atoms with E-state index in [1.165, 1.54) is 11.8 Å². The van der Waals surface area contributed by atoms with E-state index >= 15 is 0 Å². The van der Waals surface area contributed by atoms with Gasteiger partial charge in [-0.2, -0.15) is 0 Å². The highest BCUT2D eigenvalue weighted by atomic mass is 32.2. The Kier molecular flexibility index (Phi) is 5.08. The van der Waals surface area contributed by atoms with E-state index in [1.807, 2.05) is 24.3 Å². The van der Waals surface area contributed by atoms with Gasteiger partial charge in [0.05, 0.1) is 15.2 Å². The van der Waals surface area contributed by atoms with Crippen molar-refractivity contribution in [3.05, 3.63) is 24.3 Å². The Balaban J connectivity index is 2.50. The minimum Gasteiger partial charge on any atom is -0.497 e. The molecule has 0 aromatic heterocycles. The minimum atomic E-state index is -1.18. The van der Waals surface area contributed by atoms with Crippen LogP contribution in [0.15, 0.2) is 24.3 Å². The Morgan fingerprint density at radius 2 is 2.12 bits per heavy atom. The maximum absolute atomic E-state index is 11.7. The van der Waals surface area contributed by atoms with Crippen LogP contribution >= 0.6 is 11.8 Å². The maximum Gasteiger partial charge on any atom is 0.283 e. The summed E-state index contributed by atoms with van der Waals surface area (Å²) >= 11 is 1.36. The summed E-state index contributed by atoms with van der Waals surface area (Å²) in [6.45, 7) is 6.75. The normalized spacial score (nSPS) is 11.1. The molecule has 1 rings (SSSR count). The molecule has 0 radical (unpaired) electrons. The van der Waals surface area contributed by atoms with Crippen LogP contribution < -0.4 is 10.1 Å². The van der Waals surface area contributed by atoms with Gasteiger partial charge >= 0.3 is 0 Å². The molecule has 17 heavy (non-hydrogen) atoms. The van der Waals surface area contributed by atoms with Crippen LogP contribution in [0.1, 0.15) is 0 Å². The zero-order valence-electron chi connectivity index (χ0n) is 10.7. The number of benzene rings is 1. The number of ether oxygens (including phenoxy) is 1. The Bertz CT molecular complexity index is 390. The number of rotatable bonds is 4. The van der Waals surface area contributed by atoms with Gasteiger partial charge in [0.15, 0.2) is 0 Å². The van der Waals surface area contributed by atoms with Crippen molar-refractivity contribution in [3.63, 3.8) is 0 Å². The molecule has 0 aliphatic rings. The summed E-state index contributed by atoms with van der Waals surface area (Å²) in [5, 5.41) is 3.79. The molecule has 1 aromatic carbocycles. The molecule has 1 N–H and O–H groups in total. The number of nitrogens with one attached hydrogen (secondary N) is 1. The zero-order chi connectivity index (χ0) is 12.9. The lowest BCUT2D eigenvalue weighted by molar-refractivity contribution is 0.270. The van der Waals surface area contributed by atoms with E-state index in [0.29, 0.717) is 0 Å². The lowest BCUT2D eigenvalue weighted by atomic mass is 10.3. The molecule has 3 nitrogen and oxygen atoms in total. The second-order valence-corrected chi connectivity index (χ2v) is 11.9. The van der Waals surface area contributed by atoms with Crippen LogP contribution in [0.3, 0.4) is 0 Å². The van der Waals surface area contributed by atoms with Gasteiger partial charge in [-0.25, -0.2) is 0 Å². The van der Waals surface area contributed by atoms with Gasteiger partial charge in [-0.05, 0) is 17.5 Å². The average molecular weight is 269 g/mol. The number of thioether (sulfide) groups is 1. The summed E-state index contributed by atoms with van der Waals surface area (Å²) in [6.07, 6.45) is 0. The first-order valence-corrected chi connectivity index (χ1v) is 10.2. The van der Waals surface area contributed by atoms with E-state index in [2.05, 4.69) is 25.0 Å². The average Bonchev–Trinajstić information content (AvgIpc) is 2.26. The minimum absolute atomic E-state index is 0.000628. The largest absolute Gasteiger partial charge is 0.497 e. The van der Waals surface area contributed by atoms with Crippen LogP contribution in [0.25, 0.3) is 0 Å². The topological polar surface area (TPSA) is 38.3 Å². The molecule has 0 spiro atoms. The molecule has 1 aromatic rings. The van der Waals surface area contributed by atoms with Gasteiger partial charge in [-0.3, -0.25) is 4.79 Å². The highest BCUT2D eigenvalue weighted by Gasteiger charge is 2.15. The molecule has 94 valence electrons. The summed E-state index contributed by atoms with van der Waals surface area (Å²) in [5.41, 5.74) is 0.775. The first-order chi connectivity index (χ1) is 7.90. The highest BCUT2D eigenvalue weighted by Crippen LogP contribution is 2.19. The molecule has 0 saturated carbocycles. The SMILES string of the molecule is COc1cccc(NC(=O)SC[Si](C)(C)C)c1. The summed E-state index contributed by atoms with van der Waals surface area (Å²) in [7, 11) is 0.434. The van der Waals surface area contributed by atoms with Gasteiger partial charge in [0.25, 0.3) is 5.24 Å². The Morgan fingerprint density at radius 3 is 2.71 bits per heavy atom. The predicted molar refractivity (Wildman–Crippen MR) is 77.8 cm³/mol. The fraction of sp³-hybridized carbons (Fsp3) is 0.417. The molecule has 1 amide bonds. The fourth-order valence-corrected chi connectivity index (χ4v) is 3.58. The summed E-state index contributed by atoms with van der Waals surface area (Å²) in [5.74, 6) is 0.748. The Labute approximate surface area is 108 Å². The number of hydrogen-bond donors (Lipinski definition) is 1. The Hall–Kier alpha value is -0.943. The maximum atomic E-state index is 11.7. The van der Waals surface area contributed by atoms with Crippen molar-refractivity contribution in [1.82, 2.24) is 0 Å². The third kappa shape index (κ3) is 5.79. The molecule has 5 heteroatoms. The molecule has 0 atom stereocenters. The molecule has 0 aliphatic heterocycles. The van der Waals surface area contributed by atoms with Crippen molar-refractivity contribution in [1.29, 1.82) is 0 Å². The molecular weight excluding hydrogens is 250 g/mol. The predicted octanol–water partition coefficient (Wildman–Crippen LogP) is 3.84. The van der Waals surface area contributed by atoms with Crippen molar-refractivity contribution < 1.29 is 9.53 Å². The van der Waals surface area contributed by atoms with Crippen molar-refractivity contribution in [2.75, 3.05) is 17.8 Å². The molecule has 0 unspecified atom stereocenters. The number of methoxy groups -OCH3 is 1. The van der Waals surface area contributed by atoms with Crippen LogP contribution in [0, 0.1) is 0 Å². The molecular formula is C12H19NO2SSi. The van der Waals surface area contributed by atoms with Gasteiger partial charge < -0.3 is 10.1 Å². The lowest BCUT2D eigenvalue weighted by Gasteiger charge is -2.14. The first-order valence-electron chi connectivity index (χ1n) is 5.48. The van der Waals surface area contributed by atoms with E-state index in [4.69, 9.17) is 4.74 Å². The van der Waals surface area contributed by atoms with Gasteiger partial charge in [0.1, 0.15) is 5.75 Å². The smallest absolute Gasteiger partial charge is 0.283 e. The number of carbonyl (C=O) groups is 1. The van der Waals surface area contributed by atoms with Crippen molar-refractivity contribution in [2.45, 2.75) is 19.6 Å². The van der Waals surface area contributed by atoms with Gasteiger partial charge in [0, 0.05) is 11.8 Å². The summed E-state index contributed by atoms with van der Waals surface area (Å²) in [4.78, 5) is 11.7. The Morgan fingerprint density at radius 1 is 1.41 bits per heavy atom. The standard InChI is InChI=1S/C12H19NO2SSi/c1-15-11-7-5-6-10(8-11)13-12(14)16-9-17(2,3)4/h5-8H,9H2,1-4H3,(H,13,14). The molecule has 0 fully saturated rings. The van der Waals surface area contributed by atoms with E-state index in [9.17, 15) is 4.79 Å². The zero-order valence-corrected chi connectivity index (χ0v) is 12.6. The second-order valence-electron chi connectivity index (χ2n) is 4.99. The van der Waals surface area contributed by atoms with E-state index in [0.717, 1.165) is 16.8 Å². The van der Waals surface area contributed by atoms with Crippen molar-refractivity contribution in [2.24, 2.45) is 0 Å². The quantitative estimate of drug-likeness (QED) is 0.844. The van der Waals surface area contributed by atoms with Crippen LogP contribution in [-0.4, -0.2) is 25.8 Å². The van der Waals surface area contributed by atoms with Crippen LogP contribution in [0.2, 0.25) is 19.6 Å². The van der Waals surface area contributed by atoms with Crippen molar-refractivity contribution >= 4 is 30.8 Å². The third-order valence-corrected chi connectivity index (χ3v) is 6.36. The first kappa shape index (κ1) is 14.1. The monoisotopic (exact) mass is 269 g/mol. The van der Waals surface area contributed by atoms with Crippen LogP contribution in [0.5, 0.6) is 5.75 Å². The highest BCUT2D eigenvalue weighted by molar-refractivity contribution is 8.15. The summed E-state index contributed by atoms with van der Waals surface area (Å²) < 4.78 is 5.10. The van der Waals surface area contributed by atoms with Crippen LogP contribution in [-0.2, 0) is 0 Å². The van der Waals surface area contributed by atoms with E-state index in [-0.39, 0.29) is 5.24 Å². The third-order valence-electron chi connectivity index (χ3n) is 1.95. The number of carbonyl (C=O) groups excluding carboxylic acids is 1. The van der Waals surface area contributed by atoms with Crippen LogP contribution in [0.4, 0.5) is 10.5 Å². The lowest BCUT2D eigenvalue weighted by Crippen LogP contribution is -2.25.